The summed E-state index contributed by atoms with van der Waals surface area (Å²) in [5.41, 5.74) is 1.21. The van der Waals surface area contributed by atoms with Crippen LogP contribution in [0.5, 0.6) is 5.75 Å². The number of aromatic nitrogens is 2. The van der Waals surface area contributed by atoms with E-state index in [9.17, 15) is 4.79 Å². The summed E-state index contributed by atoms with van der Waals surface area (Å²) in [5.74, 6) is 0.717. The van der Waals surface area contributed by atoms with Gasteiger partial charge in [-0.25, -0.2) is 4.68 Å². The molecule has 1 N–H and O–H groups in total. The van der Waals surface area contributed by atoms with E-state index in [1.807, 2.05) is 24.3 Å². The van der Waals surface area contributed by atoms with Gasteiger partial charge in [-0.3, -0.25) is 9.89 Å². The van der Waals surface area contributed by atoms with E-state index in [0.717, 1.165) is 11.3 Å². The molecular weight excluding hydrogens is 347 g/mol. The Morgan fingerprint density at radius 1 is 1.17 bits per heavy atom. The second-order valence-corrected chi connectivity index (χ2v) is 5.98. The Kier molecular flexibility index (Phi) is 4.51. The van der Waals surface area contributed by atoms with Crippen molar-refractivity contribution in [2.24, 2.45) is 0 Å². The molecule has 0 aliphatic carbocycles. The Morgan fingerprint density at radius 3 is 2.67 bits per heavy atom. The van der Waals surface area contributed by atoms with Crippen molar-refractivity contribution in [1.29, 1.82) is 0 Å². The van der Waals surface area contributed by atoms with E-state index in [0.29, 0.717) is 26.3 Å². The predicted octanol–water partition coefficient (Wildman–Crippen LogP) is 2.72. The molecule has 0 fully saturated rings. The zero-order valence-electron chi connectivity index (χ0n) is 12.8. The van der Waals surface area contributed by atoms with Crippen molar-refractivity contribution in [2.45, 2.75) is 0 Å². The molecule has 1 aromatic heterocycles. The minimum absolute atomic E-state index is 0.221. The van der Waals surface area contributed by atoms with Crippen LogP contribution in [0.15, 0.2) is 47.3 Å². The molecule has 3 rings (SSSR count). The maximum Gasteiger partial charge on any atom is 0.279 e. The molecule has 0 aliphatic heterocycles. The Morgan fingerprint density at radius 2 is 1.96 bits per heavy atom. The molecule has 0 spiro atoms. The zero-order valence-corrected chi connectivity index (χ0v) is 14.4. The molecular formula is C18H14Cl2N2O2. The van der Waals surface area contributed by atoms with Gasteiger partial charge in [0.05, 0.1) is 33.4 Å². The van der Waals surface area contributed by atoms with Crippen molar-refractivity contribution in [3.63, 3.8) is 0 Å². The van der Waals surface area contributed by atoms with Crippen LogP contribution in [-0.4, -0.2) is 16.9 Å². The summed E-state index contributed by atoms with van der Waals surface area (Å²) in [6.07, 6.45) is 1.76. The highest BCUT2D eigenvalue weighted by Crippen LogP contribution is 2.23. The highest BCUT2D eigenvalue weighted by Gasteiger charge is 2.07. The van der Waals surface area contributed by atoms with E-state index >= 15 is 0 Å². The number of benzene rings is 2. The summed E-state index contributed by atoms with van der Waals surface area (Å²) in [7, 11) is 1.60. The van der Waals surface area contributed by atoms with E-state index in [1.165, 1.54) is 4.68 Å². The first-order chi connectivity index (χ1) is 11.5. The minimum Gasteiger partial charge on any atom is -0.497 e. The fourth-order valence-corrected chi connectivity index (χ4v) is 2.64. The Balaban J connectivity index is 2.16. The van der Waals surface area contributed by atoms with Gasteiger partial charge in [0.25, 0.3) is 5.56 Å². The fourth-order valence-electron chi connectivity index (χ4n) is 2.35. The van der Waals surface area contributed by atoms with Gasteiger partial charge < -0.3 is 4.74 Å². The number of rotatable bonds is 3. The quantitative estimate of drug-likeness (QED) is 0.780. The van der Waals surface area contributed by atoms with Crippen molar-refractivity contribution in [3.05, 3.63) is 79.0 Å². The Hall–Kier alpha value is -2.43. The lowest BCUT2D eigenvalue weighted by Crippen LogP contribution is -2.33. The summed E-state index contributed by atoms with van der Waals surface area (Å²) >= 11 is 11.9. The SMILES string of the molecule is C=c1[nH]n(-c2ccc(Cl)c(Cl)c2)c(=O)/c1=C\c1cccc(OC)c1. The third kappa shape index (κ3) is 3.11. The predicted molar refractivity (Wildman–Crippen MR) is 97.7 cm³/mol. The highest BCUT2D eigenvalue weighted by molar-refractivity contribution is 6.42. The van der Waals surface area contributed by atoms with E-state index in [4.69, 9.17) is 27.9 Å². The first-order valence-corrected chi connectivity index (χ1v) is 7.86. The second-order valence-electron chi connectivity index (χ2n) is 5.16. The largest absolute Gasteiger partial charge is 0.497 e. The topological polar surface area (TPSA) is 47.0 Å². The molecule has 0 amide bonds. The molecule has 122 valence electrons. The lowest BCUT2D eigenvalue weighted by molar-refractivity contribution is 0.414. The summed E-state index contributed by atoms with van der Waals surface area (Å²) in [6, 6.07) is 12.4. The van der Waals surface area contributed by atoms with Crippen LogP contribution >= 0.6 is 23.2 Å². The molecule has 0 bridgehead atoms. The number of hydrogen-bond acceptors (Lipinski definition) is 2. The van der Waals surface area contributed by atoms with Crippen LogP contribution in [0.2, 0.25) is 10.0 Å². The fraction of sp³-hybridized carbons (Fsp3) is 0.0556. The summed E-state index contributed by atoms with van der Waals surface area (Å²) in [5, 5.41) is 4.73. The van der Waals surface area contributed by atoms with Crippen LogP contribution in [0.1, 0.15) is 5.56 Å². The molecule has 2 aromatic carbocycles. The molecule has 0 saturated heterocycles. The zero-order chi connectivity index (χ0) is 17.3. The van der Waals surface area contributed by atoms with Gasteiger partial charge in [-0.05, 0) is 42.0 Å². The number of H-pyrrole nitrogens is 1. The summed E-state index contributed by atoms with van der Waals surface area (Å²) in [6.45, 7) is 3.91. The Labute approximate surface area is 148 Å². The first-order valence-electron chi connectivity index (χ1n) is 7.11. The van der Waals surface area contributed by atoms with Crippen LogP contribution in [0.25, 0.3) is 18.3 Å². The molecule has 4 nitrogen and oxygen atoms in total. The van der Waals surface area contributed by atoms with Gasteiger partial charge in [0.15, 0.2) is 0 Å². The van der Waals surface area contributed by atoms with Gasteiger partial charge in [-0.2, -0.15) is 0 Å². The number of hydrogen-bond donors (Lipinski definition) is 1. The van der Waals surface area contributed by atoms with Gasteiger partial charge in [0.1, 0.15) is 5.75 Å². The number of ether oxygens (including phenoxy) is 1. The maximum atomic E-state index is 12.7. The average Bonchev–Trinajstić information content (AvgIpc) is 2.86. The standard InChI is InChI=1S/C18H14Cl2N2O2/c1-11-15(9-12-4-3-5-14(8-12)24-2)18(23)22(21-11)13-6-7-16(19)17(20)10-13/h3-10,21H,1H2,2H3/b15-9-. The van der Waals surface area contributed by atoms with E-state index in [2.05, 4.69) is 11.7 Å². The van der Waals surface area contributed by atoms with Crippen molar-refractivity contribution in [3.8, 4) is 11.4 Å². The smallest absolute Gasteiger partial charge is 0.279 e. The molecule has 24 heavy (non-hydrogen) atoms. The molecule has 0 radical (unpaired) electrons. The normalized spacial score (nSPS) is 11.7. The van der Waals surface area contributed by atoms with E-state index in [1.54, 1.807) is 31.4 Å². The first kappa shape index (κ1) is 16.4. The van der Waals surface area contributed by atoms with Crippen LogP contribution in [0.4, 0.5) is 0 Å². The van der Waals surface area contributed by atoms with E-state index < -0.39 is 0 Å². The van der Waals surface area contributed by atoms with Crippen molar-refractivity contribution in [1.82, 2.24) is 9.78 Å². The third-order valence-corrected chi connectivity index (χ3v) is 4.31. The molecule has 6 heteroatoms. The molecule has 1 heterocycles. The van der Waals surface area contributed by atoms with Crippen LogP contribution < -0.4 is 20.9 Å². The molecule has 3 aromatic rings. The van der Waals surface area contributed by atoms with Crippen molar-refractivity contribution in [2.75, 3.05) is 7.11 Å². The van der Waals surface area contributed by atoms with Crippen molar-refractivity contribution >= 4 is 35.9 Å². The van der Waals surface area contributed by atoms with Crippen LogP contribution in [0.3, 0.4) is 0 Å². The molecule has 0 atom stereocenters. The van der Waals surface area contributed by atoms with Gasteiger partial charge in [-0.15, -0.1) is 0 Å². The van der Waals surface area contributed by atoms with Gasteiger partial charge in [0.2, 0.25) is 0 Å². The number of methoxy groups -OCH3 is 1. The monoisotopic (exact) mass is 360 g/mol. The number of nitrogens with one attached hydrogen (secondary N) is 1. The van der Waals surface area contributed by atoms with Crippen LogP contribution in [-0.2, 0) is 0 Å². The number of nitrogens with zero attached hydrogens (tertiary/aromatic N) is 1. The molecule has 0 saturated carbocycles. The summed E-state index contributed by atoms with van der Waals surface area (Å²) in [4.78, 5) is 12.7. The third-order valence-electron chi connectivity index (χ3n) is 3.57. The number of aromatic amines is 1. The van der Waals surface area contributed by atoms with Gasteiger partial charge in [-0.1, -0.05) is 41.9 Å². The maximum absolute atomic E-state index is 12.7. The lowest BCUT2D eigenvalue weighted by atomic mass is 10.2. The van der Waals surface area contributed by atoms with E-state index in [-0.39, 0.29) is 5.56 Å². The highest BCUT2D eigenvalue weighted by atomic mass is 35.5. The summed E-state index contributed by atoms with van der Waals surface area (Å²) < 4.78 is 6.58. The average molecular weight is 361 g/mol. The molecule has 0 aliphatic rings. The van der Waals surface area contributed by atoms with Crippen LogP contribution in [0, 0.1) is 0 Å². The van der Waals surface area contributed by atoms with Gasteiger partial charge >= 0.3 is 0 Å². The minimum atomic E-state index is -0.221. The number of halogens is 2. The van der Waals surface area contributed by atoms with Gasteiger partial charge in [0, 0.05) is 0 Å². The lowest BCUT2D eigenvalue weighted by Gasteiger charge is -2.02. The second kappa shape index (κ2) is 6.59. The van der Waals surface area contributed by atoms with Crippen molar-refractivity contribution < 1.29 is 4.74 Å². The molecule has 0 unspecified atom stereocenters. The Bertz CT molecular complexity index is 1070.